The number of rotatable bonds is 9. The number of nitrogens with zero attached hydrogens (tertiary/aromatic N) is 2. The van der Waals surface area contributed by atoms with Crippen LogP contribution in [0.2, 0.25) is 0 Å². The minimum atomic E-state index is -3.66. The molecule has 2 N–H and O–H groups in total. The van der Waals surface area contributed by atoms with Gasteiger partial charge in [0.25, 0.3) is 0 Å². The highest BCUT2D eigenvalue weighted by Gasteiger charge is 2.34. The predicted molar refractivity (Wildman–Crippen MR) is 124 cm³/mol. The molecule has 1 saturated heterocycles. The number of carbonyl (C=O) groups is 2. The zero-order chi connectivity index (χ0) is 22.3. The second-order valence-corrected chi connectivity index (χ2v) is 11.0. The molecule has 31 heavy (non-hydrogen) atoms. The van der Waals surface area contributed by atoms with Crippen LogP contribution in [-0.2, 0) is 19.6 Å². The van der Waals surface area contributed by atoms with Crippen LogP contribution in [0.25, 0.3) is 0 Å². The molecule has 0 spiro atoms. The van der Waals surface area contributed by atoms with E-state index < -0.39 is 22.0 Å². The van der Waals surface area contributed by atoms with Crippen molar-refractivity contribution in [3.8, 4) is 0 Å². The number of hydrogen-bond donors (Lipinski definition) is 2. The third kappa shape index (κ3) is 6.28. The Kier molecular flexibility index (Phi) is 8.47. The lowest BCUT2D eigenvalue weighted by Gasteiger charge is -2.32. The van der Waals surface area contributed by atoms with E-state index in [2.05, 4.69) is 15.6 Å². The molecule has 2 atom stereocenters. The molecule has 2 amide bonds. The molecule has 1 unspecified atom stereocenters. The summed E-state index contributed by atoms with van der Waals surface area (Å²) in [5.74, 6) is -0.415. The maximum absolute atomic E-state index is 13.0. The van der Waals surface area contributed by atoms with E-state index in [0.717, 1.165) is 0 Å². The lowest BCUT2D eigenvalue weighted by atomic mass is 9.98. The first-order chi connectivity index (χ1) is 14.9. The Bertz CT molecular complexity index is 968. The van der Waals surface area contributed by atoms with Crippen LogP contribution in [0.3, 0.4) is 0 Å². The van der Waals surface area contributed by atoms with E-state index in [1.807, 2.05) is 6.26 Å². The number of benzene rings is 1. The first-order valence-corrected chi connectivity index (χ1v) is 13.7. The Hall–Kier alpha value is -1.95. The van der Waals surface area contributed by atoms with Crippen molar-refractivity contribution in [2.75, 3.05) is 30.4 Å². The fourth-order valence-corrected chi connectivity index (χ4v) is 5.94. The molecule has 1 aliphatic heterocycles. The molecule has 168 valence electrons. The molecule has 0 bridgehead atoms. The van der Waals surface area contributed by atoms with Gasteiger partial charge in [0.1, 0.15) is 6.04 Å². The number of sulfonamides is 1. The molecule has 8 nitrogen and oxygen atoms in total. The number of thioether (sulfide) groups is 1. The van der Waals surface area contributed by atoms with Gasteiger partial charge in [0.15, 0.2) is 5.13 Å². The summed E-state index contributed by atoms with van der Waals surface area (Å²) in [5.41, 5.74) is 0. The van der Waals surface area contributed by atoms with E-state index in [9.17, 15) is 18.0 Å². The van der Waals surface area contributed by atoms with Gasteiger partial charge in [-0.3, -0.25) is 9.59 Å². The number of amides is 2. The third-order valence-corrected chi connectivity index (χ3v) is 8.25. The van der Waals surface area contributed by atoms with E-state index in [1.54, 1.807) is 53.7 Å². The number of thiazole rings is 1. The third-order valence-electron chi connectivity index (χ3n) is 5.04. The van der Waals surface area contributed by atoms with Crippen molar-refractivity contribution in [1.29, 1.82) is 0 Å². The first-order valence-electron chi connectivity index (χ1n) is 9.96. The molecular formula is C20H26N4O4S3. The molecule has 1 fully saturated rings. The van der Waals surface area contributed by atoms with E-state index in [4.69, 9.17) is 0 Å². The van der Waals surface area contributed by atoms with E-state index in [1.165, 1.54) is 15.6 Å². The first kappa shape index (κ1) is 23.7. The van der Waals surface area contributed by atoms with Gasteiger partial charge in [-0.15, -0.1) is 11.3 Å². The van der Waals surface area contributed by atoms with Crippen molar-refractivity contribution >= 4 is 50.1 Å². The molecule has 1 aliphatic rings. The Balaban J connectivity index is 1.66. The standard InChI is InChI=1S/C20H26N4O4S3/c1-29-12-9-17(19(26)23-20-21-10-13-30-20)22-18(25)15-6-5-11-24(14-15)31(27,28)16-7-3-2-4-8-16/h2-4,7-8,10,13,15,17H,5-6,9,11-12,14H2,1H3,(H,22,25)(H,21,23,26)/t15?,17-/m0/s1. The number of hydrogen-bond acceptors (Lipinski definition) is 7. The highest BCUT2D eigenvalue weighted by molar-refractivity contribution is 7.98. The topological polar surface area (TPSA) is 108 Å². The summed E-state index contributed by atoms with van der Waals surface area (Å²) >= 11 is 2.89. The normalized spacial score (nSPS) is 18.3. The number of piperidine rings is 1. The Labute approximate surface area is 190 Å². The fourth-order valence-electron chi connectivity index (χ4n) is 3.39. The van der Waals surface area contributed by atoms with Crippen molar-refractivity contribution < 1.29 is 18.0 Å². The molecule has 11 heteroatoms. The Morgan fingerprint density at radius 1 is 1.32 bits per heavy atom. The van der Waals surface area contributed by atoms with Gasteiger partial charge in [-0.1, -0.05) is 18.2 Å². The van der Waals surface area contributed by atoms with Gasteiger partial charge in [-0.2, -0.15) is 16.1 Å². The number of aromatic nitrogens is 1. The highest BCUT2D eigenvalue weighted by Crippen LogP contribution is 2.24. The van der Waals surface area contributed by atoms with Gasteiger partial charge in [-0.25, -0.2) is 13.4 Å². The van der Waals surface area contributed by atoms with Gasteiger partial charge < -0.3 is 10.6 Å². The van der Waals surface area contributed by atoms with Crippen molar-refractivity contribution in [3.63, 3.8) is 0 Å². The van der Waals surface area contributed by atoms with Crippen LogP contribution in [0.4, 0.5) is 5.13 Å². The summed E-state index contributed by atoms with van der Waals surface area (Å²) in [6, 6.07) is 7.53. The quantitative estimate of drug-likeness (QED) is 0.568. The second kappa shape index (κ2) is 11.1. The summed E-state index contributed by atoms with van der Waals surface area (Å²) in [6.45, 7) is 0.480. The molecule has 0 saturated carbocycles. The lowest BCUT2D eigenvalue weighted by molar-refractivity contribution is -0.130. The van der Waals surface area contributed by atoms with E-state index >= 15 is 0 Å². The van der Waals surface area contributed by atoms with Crippen LogP contribution in [0, 0.1) is 5.92 Å². The maximum Gasteiger partial charge on any atom is 0.248 e. The minimum Gasteiger partial charge on any atom is -0.344 e. The fraction of sp³-hybridized carbons (Fsp3) is 0.450. The van der Waals surface area contributed by atoms with Gasteiger partial charge in [0.2, 0.25) is 21.8 Å². The summed E-state index contributed by atoms with van der Waals surface area (Å²) in [7, 11) is -3.66. The molecule has 0 aliphatic carbocycles. The number of nitrogens with one attached hydrogen (secondary N) is 2. The Morgan fingerprint density at radius 2 is 2.10 bits per heavy atom. The maximum atomic E-state index is 13.0. The molecule has 3 rings (SSSR count). The average molecular weight is 483 g/mol. The molecule has 1 aromatic carbocycles. The minimum absolute atomic E-state index is 0.104. The van der Waals surface area contributed by atoms with Crippen LogP contribution in [0.1, 0.15) is 19.3 Å². The highest BCUT2D eigenvalue weighted by atomic mass is 32.2. The van der Waals surface area contributed by atoms with Crippen LogP contribution in [-0.4, -0.2) is 60.7 Å². The summed E-state index contributed by atoms with van der Waals surface area (Å²) < 4.78 is 27.2. The zero-order valence-electron chi connectivity index (χ0n) is 17.2. The van der Waals surface area contributed by atoms with Crippen LogP contribution in [0.5, 0.6) is 0 Å². The van der Waals surface area contributed by atoms with Gasteiger partial charge >= 0.3 is 0 Å². The zero-order valence-corrected chi connectivity index (χ0v) is 19.6. The Morgan fingerprint density at radius 3 is 2.77 bits per heavy atom. The van der Waals surface area contributed by atoms with Gasteiger partial charge in [0, 0.05) is 24.7 Å². The monoisotopic (exact) mass is 482 g/mol. The second-order valence-electron chi connectivity index (χ2n) is 7.18. The summed E-state index contributed by atoms with van der Waals surface area (Å²) in [5, 5.41) is 7.81. The number of carbonyl (C=O) groups excluding carboxylic acids is 2. The molecule has 1 aromatic heterocycles. The number of anilines is 1. The smallest absolute Gasteiger partial charge is 0.248 e. The molecule has 2 aromatic rings. The molecular weight excluding hydrogens is 456 g/mol. The lowest BCUT2D eigenvalue weighted by Crippen LogP contribution is -2.50. The van der Waals surface area contributed by atoms with Gasteiger partial charge in [-0.05, 0) is 43.4 Å². The van der Waals surface area contributed by atoms with Crippen molar-refractivity contribution in [3.05, 3.63) is 41.9 Å². The van der Waals surface area contributed by atoms with Crippen molar-refractivity contribution in [1.82, 2.24) is 14.6 Å². The van der Waals surface area contributed by atoms with Crippen molar-refractivity contribution in [2.24, 2.45) is 5.92 Å². The van der Waals surface area contributed by atoms with E-state index in [-0.39, 0.29) is 23.3 Å². The molecule has 0 radical (unpaired) electrons. The average Bonchev–Trinajstić information content (AvgIpc) is 3.30. The predicted octanol–water partition coefficient (Wildman–Crippen LogP) is 2.42. The van der Waals surface area contributed by atoms with Gasteiger partial charge in [0.05, 0.1) is 10.8 Å². The largest absolute Gasteiger partial charge is 0.344 e. The van der Waals surface area contributed by atoms with Crippen LogP contribution >= 0.6 is 23.1 Å². The van der Waals surface area contributed by atoms with Crippen LogP contribution < -0.4 is 10.6 Å². The summed E-state index contributed by atoms with van der Waals surface area (Å²) in [6.07, 6.45) is 5.18. The van der Waals surface area contributed by atoms with Crippen LogP contribution in [0.15, 0.2) is 46.8 Å². The van der Waals surface area contributed by atoms with E-state index in [0.29, 0.717) is 36.7 Å². The summed E-state index contributed by atoms with van der Waals surface area (Å²) in [4.78, 5) is 29.9. The van der Waals surface area contributed by atoms with Crippen molar-refractivity contribution in [2.45, 2.75) is 30.2 Å². The molecule has 2 heterocycles. The SMILES string of the molecule is CSCC[C@H](NC(=O)C1CCCN(S(=O)(=O)c2ccccc2)C1)C(=O)Nc1nccs1.